The quantitative estimate of drug-likeness (QED) is 0.147. The van der Waals surface area contributed by atoms with Crippen LogP contribution < -0.4 is 14.5 Å². The Kier molecular flexibility index (Phi) is 10.9. The van der Waals surface area contributed by atoms with Gasteiger partial charge in [0.2, 0.25) is 5.95 Å². The van der Waals surface area contributed by atoms with Gasteiger partial charge in [-0.15, -0.1) is 0 Å². The van der Waals surface area contributed by atoms with Gasteiger partial charge < -0.3 is 9.64 Å². The number of ether oxygens (including phenoxy) is 1. The van der Waals surface area contributed by atoms with Crippen LogP contribution in [0.15, 0.2) is 279 Å². The minimum absolute atomic E-state index is 0.496. The van der Waals surface area contributed by atoms with Crippen LogP contribution in [0, 0.1) is 0 Å². The number of anilines is 6. The molecule has 0 atom stereocenters. The van der Waals surface area contributed by atoms with E-state index in [1.165, 1.54) is 33.4 Å². The normalized spacial score (nSPS) is 13.0. The van der Waals surface area contributed by atoms with Crippen LogP contribution in [0.5, 0.6) is 11.5 Å². The fraction of sp³-hybridized carbons (Fsp3) is 0.0137. The Morgan fingerprint density at radius 3 is 1.21 bits per heavy atom. The Bertz CT molecular complexity index is 4480. The topological polar surface area (TPSA) is 93.1 Å². The van der Waals surface area contributed by atoms with Crippen molar-refractivity contribution in [2.75, 3.05) is 9.80 Å². The minimum Gasteiger partial charge on any atom is -0.453 e. The molecule has 0 bridgehead atoms. The third kappa shape index (κ3) is 7.55. The zero-order valence-electron chi connectivity index (χ0n) is 44.0. The summed E-state index contributed by atoms with van der Waals surface area (Å²) in [5, 5.41) is 0. The van der Waals surface area contributed by atoms with Crippen LogP contribution in [0.4, 0.5) is 34.4 Å². The number of aromatic nitrogens is 6. The van der Waals surface area contributed by atoms with Crippen LogP contribution in [0.1, 0.15) is 22.3 Å². The van der Waals surface area contributed by atoms with Gasteiger partial charge in [0, 0.05) is 33.5 Å². The molecule has 0 saturated carbocycles. The molecule has 3 aliphatic rings. The molecule has 16 rings (SSSR count). The van der Waals surface area contributed by atoms with Gasteiger partial charge in [0.05, 0.1) is 28.2 Å². The van der Waals surface area contributed by atoms with Crippen molar-refractivity contribution in [3.63, 3.8) is 0 Å². The Balaban J connectivity index is 0.796. The van der Waals surface area contributed by atoms with Crippen LogP contribution in [0.2, 0.25) is 0 Å². The van der Waals surface area contributed by atoms with E-state index in [0.717, 1.165) is 78.9 Å². The first-order valence-corrected chi connectivity index (χ1v) is 27.4. The lowest BCUT2D eigenvalue weighted by Gasteiger charge is -2.45. The second-order valence-corrected chi connectivity index (χ2v) is 20.6. The van der Waals surface area contributed by atoms with Crippen molar-refractivity contribution in [1.29, 1.82) is 0 Å². The fourth-order valence-electron chi connectivity index (χ4n) is 12.3. The van der Waals surface area contributed by atoms with E-state index in [9.17, 15) is 0 Å². The third-order valence-corrected chi connectivity index (χ3v) is 16.0. The lowest BCUT2D eigenvalue weighted by atomic mass is 9.64. The standard InChI is InChI=1S/C73H46N8O/c1-4-21-47(22-5-1)67-74-68(48-23-6-2-7-24-48)76-69(75-67)50-39-42-54(43-40-50)80-61-33-14-12-31-59(61)73(60-32-13-15-34-62(60)80)57-30-11-10-29-55(57)56-46-52(41-44-58(56)73)51-27-20-28-53(45-51)71-77-70(49-25-8-3-9-26-49)78-72(79-71)81-63-35-16-18-37-65(63)82-66-38-19-17-36-64(66)81/h1-46H. The molecule has 0 amide bonds. The smallest absolute Gasteiger partial charge is 0.239 e. The lowest BCUT2D eigenvalue weighted by Crippen LogP contribution is -2.36. The predicted molar refractivity (Wildman–Crippen MR) is 326 cm³/mol. The van der Waals surface area contributed by atoms with Gasteiger partial charge in [-0.25, -0.2) is 19.9 Å². The second kappa shape index (κ2) is 19.0. The fourth-order valence-corrected chi connectivity index (χ4v) is 12.3. The van der Waals surface area contributed by atoms with Crippen molar-refractivity contribution in [2.45, 2.75) is 5.41 Å². The average Bonchev–Trinajstić information content (AvgIpc) is 2.65. The highest BCUT2D eigenvalue weighted by Crippen LogP contribution is 2.64. The Morgan fingerprint density at radius 1 is 0.256 bits per heavy atom. The number of benzene rings is 11. The largest absolute Gasteiger partial charge is 0.453 e. The molecule has 0 unspecified atom stereocenters. The zero-order chi connectivity index (χ0) is 54.1. The molecule has 82 heavy (non-hydrogen) atoms. The van der Waals surface area contributed by atoms with E-state index in [1.807, 2.05) is 140 Å². The highest BCUT2D eigenvalue weighted by Gasteiger charge is 2.51. The summed E-state index contributed by atoms with van der Waals surface area (Å²) in [6.07, 6.45) is 0. The average molecular weight is 1050 g/mol. The van der Waals surface area contributed by atoms with Crippen LogP contribution in [-0.2, 0) is 5.41 Å². The summed E-state index contributed by atoms with van der Waals surface area (Å²) in [7, 11) is 0. The predicted octanol–water partition coefficient (Wildman–Crippen LogP) is 17.8. The zero-order valence-corrected chi connectivity index (χ0v) is 44.0. The molecule has 2 aliphatic heterocycles. The summed E-state index contributed by atoms with van der Waals surface area (Å²) in [6, 6.07) is 97.3. The molecule has 1 spiro atoms. The van der Waals surface area contributed by atoms with E-state index < -0.39 is 5.41 Å². The maximum absolute atomic E-state index is 6.39. The molecule has 2 aromatic heterocycles. The highest BCUT2D eigenvalue weighted by atomic mass is 16.5. The van der Waals surface area contributed by atoms with Crippen molar-refractivity contribution in [3.8, 4) is 90.7 Å². The molecule has 9 heteroatoms. The molecule has 0 fully saturated rings. The Morgan fingerprint density at radius 2 is 0.646 bits per heavy atom. The summed E-state index contributed by atoms with van der Waals surface area (Å²) in [5.74, 6) is 4.95. The molecule has 0 radical (unpaired) electrons. The minimum atomic E-state index is -0.617. The van der Waals surface area contributed by atoms with Crippen LogP contribution in [0.3, 0.4) is 0 Å². The number of hydrogen-bond acceptors (Lipinski definition) is 9. The summed E-state index contributed by atoms with van der Waals surface area (Å²) in [5.41, 5.74) is 18.3. The number of fused-ring (bicyclic) bond motifs is 11. The number of nitrogens with zero attached hydrogens (tertiary/aromatic N) is 8. The van der Waals surface area contributed by atoms with Gasteiger partial charge in [-0.3, -0.25) is 4.90 Å². The first-order valence-electron chi connectivity index (χ1n) is 27.4. The van der Waals surface area contributed by atoms with E-state index in [-0.39, 0.29) is 0 Å². The molecule has 4 heterocycles. The Labute approximate surface area is 473 Å². The molecular weight excluding hydrogens is 1000 g/mol. The van der Waals surface area contributed by atoms with E-state index in [4.69, 9.17) is 34.6 Å². The Hall–Kier alpha value is -11.2. The van der Waals surface area contributed by atoms with Crippen molar-refractivity contribution >= 4 is 34.4 Å². The first kappa shape index (κ1) is 46.9. The number of rotatable bonds is 8. The number of hydrogen-bond donors (Lipinski definition) is 0. The van der Waals surface area contributed by atoms with E-state index >= 15 is 0 Å². The maximum atomic E-state index is 6.39. The summed E-state index contributed by atoms with van der Waals surface area (Å²) in [4.78, 5) is 35.1. The van der Waals surface area contributed by atoms with Crippen molar-refractivity contribution < 1.29 is 4.74 Å². The van der Waals surface area contributed by atoms with E-state index in [1.54, 1.807) is 0 Å². The highest BCUT2D eigenvalue weighted by molar-refractivity contribution is 5.97. The van der Waals surface area contributed by atoms with Crippen molar-refractivity contribution in [3.05, 3.63) is 301 Å². The molecule has 384 valence electrons. The second-order valence-electron chi connectivity index (χ2n) is 20.6. The molecule has 0 saturated heterocycles. The van der Waals surface area contributed by atoms with Gasteiger partial charge in [0.1, 0.15) is 0 Å². The van der Waals surface area contributed by atoms with E-state index in [2.05, 4.69) is 149 Å². The third-order valence-electron chi connectivity index (χ3n) is 16.0. The summed E-state index contributed by atoms with van der Waals surface area (Å²) in [6.45, 7) is 0. The molecule has 0 N–H and O–H groups in total. The molecule has 13 aromatic rings. The van der Waals surface area contributed by atoms with Crippen molar-refractivity contribution in [1.82, 2.24) is 29.9 Å². The molecule has 11 aromatic carbocycles. The number of para-hydroxylation sites is 6. The van der Waals surface area contributed by atoms with Gasteiger partial charge in [-0.1, -0.05) is 206 Å². The van der Waals surface area contributed by atoms with Crippen molar-refractivity contribution in [2.24, 2.45) is 0 Å². The molecular formula is C73H46N8O. The van der Waals surface area contributed by atoms with E-state index in [0.29, 0.717) is 35.1 Å². The SMILES string of the molecule is c1ccc(-c2nc(-c3ccccc3)nc(-c3ccc(N4c5ccccc5C5(c6ccccc6-c6cc(-c7cccc(-c8nc(-c9ccccc9)nc(N9c%10ccccc%10Oc%10ccccc%109)n8)c7)ccc65)c5ccccc54)cc3)n2)cc1. The molecule has 9 nitrogen and oxygen atoms in total. The monoisotopic (exact) mass is 1050 g/mol. The first-order chi connectivity index (χ1) is 40.6. The van der Waals surface area contributed by atoms with Gasteiger partial charge in [0.15, 0.2) is 40.6 Å². The van der Waals surface area contributed by atoms with Crippen LogP contribution in [0.25, 0.3) is 79.2 Å². The summed E-state index contributed by atoms with van der Waals surface area (Å²) < 4.78 is 6.39. The molecule has 1 aliphatic carbocycles. The summed E-state index contributed by atoms with van der Waals surface area (Å²) >= 11 is 0. The van der Waals surface area contributed by atoms with Crippen LogP contribution >= 0.6 is 0 Å². The maximum Gasteiger partial charge on any atom is 0.239 e. The lowest BCUT2D eigenvalue weighted by molar-refractivity contribution is 0.476. The van der Waals surface area contributed by atoms with Gasteiger partial charge >= 0.3 is 0 Å². The van der Waals surface area contributed by atoms with Crippen LogP contribution in [-0.4, -0.2) is 29.9 Å². The van der Waals surface area contributed by atoms with Gasteiger partial charge in [-0.05, 0) is 117 Å². The van der Waals surface area contributed by atoms with Gasteiger partial charge in [-0.2, -0.15) is 9.97 Å². The van der Waals surface area contributed by atoms with Gasteiger partial charge in [0.25, 0.3) is 0 Å².